The lowest BCUT2D eigenvalue weighted by atomic mass is 10.0. The first kappa shape index (κ1) is 24.9. The van der Waals surface area contributed by atoms with E-state index in [0.717, 1.165) is 17.7 Å². The number of ether oxygens (including phenoxy) is 2. The molecule has 0 fully saturated rings. The number of alkyl halides is 3. The van der Waals surface area contributed by atoms with Crippen molar-refractivity contribution >= 4 is 5.97 Å². The van der Waals surface area contributed by atoms with Crippen LogP contribution in [0.1, 0.15) is 43.5 Å². The van der Waals surface area contributed by atoms with Gasteiger partial charge in [0, 0.05) is 0 Å². The zero-order chi connectivity index (χ0) is 25.4. The van der Waals surface area contributed by atoms with Crippen molar-refractivity contribution in [3.8, 4) is 17.2 Å². The highest BCUT2D eigenvalue weighted by Gasteiger charge is 2.32. The molecule has 0 bridgehead atoms. The van der Waals surface area contributed by atoms with Gasteiger partial charge in [0.15, 0.2) is 5.60 Å². The lowest BCUT2D eigenvalue weighted by Gasteiger charge is -2.25. The number of rotatable bonds is 7. The number of hydrogen-bond acceptors (Lipinski definition) is 5. The van der Waals surface area contributed by atoms with Gasteiger partial charge in [-0.05, 0) is 75.6 Å². The van der Waals surface area contributed by atoms with Gasteiger partial charge in [-0.1, -0.05) is 12.1 Å². The van der Waals surface area contributed by atoms with Crippen LogP contribution in [0.25, 0.3) is 5.69 Å². The molecule has 0 saturated carbocycles. The molecule has 0 amide bonds. The van der Waals surface area contributed by atoms with E-state index in [0.29, 0.717) is 22.6 Å². The van der Waals surface area contributed by atoms with Crippen LogP contribution >= 0.6 is 0 Å². The Morgan fingerprint density at radius 3 is 2.12 bits per heavy atom. The summed E-state index contributed by atoms with van der Waals surface area (Å²) in [6.07, 6.45) is -3.52. The Labute approximate surface area is 193 Å². The summed E-state index contributed by atoms with van der Waals surface area (Å²) < 4.78 is 49.1. The second-order valence-corrected chi connectivity index (χ2v) is 8.35. The van der Waals surface area contributed by atoms with Gasteiger partial charge in [-0.2, -0.15) is 5.10 Å². The second kappa shape index (κ2) is 8.88. The van der Waals surface area contributed by atoms with E-state index < -0.39 is 35.4 Å². The van der Waals surface area contributed by atoms with E-state index in [1.165, 1.54) is 41.6 Å². The highest BCUT2D eigenvalue weighted by molar-refractivity contribution is 5.77. The lowest BCUT2D eigenvalue weighted by Crippen LogP contribution is -2.38. The van der Waals surface area contributed by atoms with Gasteiger partial charge in [0.2, 0.25) is 0 Å². The van der Waals surface area contributed by atoms with Gasteiger partial charge in [-0.25, -0.2) is 18.8 Å². The van der Waals surface area contributed by atoms with Crippen molar-refractivity contribution in [2.24, 2.45) is 0 Å². The van der Waals surface area contributed by atoms with Gasteiger partial charge in [-0.3, -0.25) is 0 Å². The highest BCUT2D eigenvalue weighted by Crippen LogP contribution is 2.31. The summed E-state index contributed by atoms with van der Waals surface area (Å²) in [5, 5.41) is 13.5. The number of benzene rings is 2. The molecule has 8 nitrogen and oxygen atoms in total. The molecule has 182 valence electrons. The average molecular weight is 479 g/mol. The first-order valence-corrected chi connectivity index (χ1v) is 10.3. The molecular formula is C23H24F3N3O5. The normalized spacial score (nSPS) is 12.9. The molecule has 2 aromatic carbocycles. The van der Waals surface area contributed by atoms with Crippen molar-refractivity contribution < 1.29 is 32.5 Å². The lowest BCUT2D eigenvalue weighted by molar-refractivity contribution is -0.274. The van der Waals surface area contributed by atoms with Crippen LogP contribution in [0.3, 0.4) is 0 Å². The minimum Gasteiger partial charge on any atom is -0.478 e. The molecule has 1 unspecified atom stereocenters. The number of hydrogen-bond donors (Lipinski definition) is 1. The Kier molecular flexibility index (Phi) is 6.50. The third-order valence-corrected chi connectivity index (χ3v) is 5.25. The predicted molar refractivity (Wildman–Crippen MR) is 117 cm³/mol. The Bertz CT molecular complexity index is 1240. The fourth-order valence-corrected chi connectivity index (χ4v) is 3.39. The third-order valence-electron chi connectivity index (χ3n) is 5.25. The molecule has 0 aliphatic carbocycles. The summed E-state index contributed by atoms with van der Waals surface area (Å²) in [5.41, 5.74) is 0.563. The Balaban J connectivity index is 1.88. The van der Waals surface area contributed by atoms with Gasteiger partial charge in [0.05, 0.1) is 11.7 Å². The SMILES string of the molecule is Cc1cc(C(C)n2ncn(-c3ccc(OC(F)(F)F)cc3)c2=O)cc(C)c1OC(C)(C)C(=O)O. The van der Waals surface area contributed by atoms with Crippen LogP contribution in [-0.4, -0.2) is 37.4 Å². The maximum absolute atomic E-state index is 13.0. The Morgan fingerprint density at radius 2 is 1.62 bits per heavy atom. The van der Waals surface area contributed by atoms with E-state index in [-0.39, 0.29) is 0 Å². The molecule has 3 aromatic rings. The van der Waals surface area contributed by atoms with Crippen molar-refractivity contribution in [1.82, 2.24) is 14.3 Å². The van der Waals surface area contributed by atoms with Crippen LogP contribution in [-0.2, 0) is 4.79 Å². The summed E-state index contributed by atoms with van der Waals surface area (Å²) in [7, 11) is 0. The highest BCUT2D eigenvalue weighted by atomic mass is 19.4. The molecular weight excluding hydrogens is 455 g/mol. The van der Waals surface area contributed by atoms with Crippen LogP contribution in [0, 0.1) is 13.8 Å². The molecule has 1 heterocycles. The standard InChI is InChI=1S/C23H24F3N3O5/c1-13-10-16(11-14(2)19(13)34-22(4,5)20(30)31)15(3)29-21(32)28(12-27-29)17-6-8-18(9-7-17)33-23(24,25)26/h6-12,15H,1-5H3,(H,30,31). The van der Waals surface area contributed by atoms with Crippen molar-refractivity contribution in [1.29, 1.82) is 0 Å². The molecule has 1 N–H and O–H groups in total. The number of nitrogens with zero attached hydrogens (tertiary/aromatic N) is 3. The Hall–Kier alpha value is -3.76. The summed E-state index contributed by atoms with van der Waals surface area (Å²) in [5.74, 6) is -1.05. The summed E-state index contributed by atoms with van der Waals surface area (Å²) in [6, 6.07) is 7.97. The van der Waals surface area contributed by atoms with Gasteiger partial charge < -0.3 is 14.6 Å². The molecule has 0 aliphatic rings. The van der Waals surface area contributed by atoms with Gasteiger partial charge in [0.25, 0.3) is 0 Å². The van der Waals surface area contributed by atoms with Gasteiger partial charge >= 0.3 is 18.0 Å². The number of carbonyl (C=O) groups is 1. The zero-order valence-electron chi connectivity index (χ0n) is 19.2. The van der Waals surface area contributed by atoms with Crippen LogP contribution < -0.4 is 15.2 Å². The minimum absolute atomic E-state index is 0.324. The number of halogens is 3. The third kappa shape index (κ3) is 5.24. The van der Waals surface area contributed by atoms with Crippen LogP contribution in [0.2, 0.25) is 0 Å². The number of aryl methyl sites for hydroxylation is 2. The first-order chi connectivity index (χ1) is 15.7. The number of carboxylic acids is 1. The first-order valence-electron chi connectivity index (χ1n) is 10.3. The quantitative estimate of drug-likeness (QED) is 0.540. The van der Waals surface area contributed by atoms with Crippen molar-refractivity contribution in [3.05, 3.63) is 69.9 Å². The molecule has 0 aliphatic heterocycles. The summed E-state index contributed by atoms with van der Waals surface area (Å²) >= 11 is 0. The molecule has 11 heteroatoms. The van der Waals surface area contributed by atoms with E-state index in [1.54, 1.807) is 32.9 Å². The van der Waals surface area contributed by atoms with E-state index >= 15 is 0 Å². The number of aliphatic carboxylic acids is 1. The van der Waals surface area contributed by atoms with Crippen molar-refractivity contribution in [3.63, 3.8) is 0 Å². The molecule has 1 aromatic heterocycles. The van der Waals surface area contributed by atoms with Gasteiger partial charge in [-0.15, -0.1) is 13.2 Å². The van der Waals surface area contributed by atoms with E-state index in [9.17, 15) is 27.9 Å². The molecule has 0 radical (unpaired) electrons. The smallest absolute Gasteiger partial charge is 0.478 e. The van der Waals surface area contributed by atoms with Crippen molar-refractivity contribution in [2.45, 2.75) is 52.6 Å². The van der Waals surface area contributed by atoms with Crippen molar-refractivity contribution in [2.75, 3.05) is 0 Å². The van der Waals surface area contributed by atoms with Crippen LogP contribution in [0.4, 0.5) is 13.2 Å². The molecule has 1 atom stereocenters. The summed E-state index contributed by atoms with van der Waals surface area (Å²) in [6.45, 7) is 8.25. The predicted octanol–water partition coefficient (Wildman–Crippen LogP) is 4.40. The minimum atomic E-state index is -4.81. The zero-order valence-corrected chi connectivity index (χ0v) is 19.2. The fourth-order valence-electron chi connectivity index (χ4n) is 3.39. The van der Waals surface area contributed by atoms with Crippen LogP contribution in [0.5, 0.6) is 11.5 Å². The monoisotopic (exact) mass is 479 g/mol. The molecule has 0 saturated heterocycles. The van der Waals surface area contributed by atoms with E-state index in [2.05, 4.69) is 9.84 Å². The second-order valence-electron chi connectivity index (χ2n) is 8.35. The average Bonchev–Trinajstić information content (AvgIpc) is 3.10. The van der Waals surface area contributed by atoms with E-state index in [1.807, 2.05) is 0 Å². The van der Waals surface area contributed by atoms with E-state index in [4.69, 9.17) is 4.74 Å². The molecule has 34 heavy (non-hydrogen) atoms. The number of carboxylic acid groups (broad SMARTS) is 1. The Morgan fingerprint density at radius 1 is 1.06 bits per heavy atom. The maximum atomic E-state index is 13.0. The van der Waals surface area contributed by atoms with Gasteiger partial charge in [0.1, 0.15) is 17.8 Å². The number of aromatic nitrogens is 3. The van der Waals surface area contributed by atoms with Crippen LogP contribution in [0.15, 0.2) is 47.5 Å². The molecule has 0 spiro atoms. The topological polar surface area (TPSA) is 95.6 Å². The summed E-state index contributed by atoms with van der Waals surface area (Å²) in [4.78, 5) is 24.4. The largest absolute Gasteiger partial charge is 0.573 e. The molecule has 3 rings (SSSR count). The fraction of sp³-hybridized carbons (Fsp3) is 0.348. The maximum Gasteiger partial charge on any atom is 0.573 e.